The highest BCUT2D eigenvalue weighted by Crippen LogP contribution is 2.34. The predicted octanol–water partition coefficient (Wildman–Crippen LogP) is 1.63. The average molecular weight is 494 g/mol. The Morgan fingerprint density at radius 1 is 1.03 bits per heavy atom. The zero-order valence-electron chi connectivity index (χ0n) is 18.7. The molecule has 2 aromatic rings. The van der Waals surface area contributed by atoms with E-state index in [1.54, 1.807) is 0 Å². The van der Waals surface area contributed by atoms with Gasteiger partial charge in [-0.3, -0.25) is 14.0 Å². The molecule has 0 radical (unpaired) electrons. The summed E-state index contributed by atoms with van der Waals surface area (Å²) in [5.74, 6) is -0.335. The first-order valence-corrected chi connectivity index (χ1v) is 12.6. The first kappa shape index (κ1) is 24.2. The maximum atomic E-state index is 13.9. The molecule has 0 spiro atoms. The minimum atomic E-state index is -4.20. The zero-order valence-corrected chi connectivity index (χ0v) is 19.6. The molecule has 184 valence electrons. The first-order valence-electron chi connectivity index (χ1n) is 11.2. The lowest BCUT2D eigenvalue weighted by atomic mass is 10.3. The fourth-order valence-corrected chi connectivity index (χ4v) is 5.23. The number of nitrogens with one attached hydrogen (secondary N) is 1. The standard InChI is InChI=1S/C23H28FN3O6S/c24-18-3-1-4-19(15-18)27(17-23(28)25-7-2-8-26-9-11-31-12-10-26)34(29,30)20-5-6-21-22(16-20)33-14-13-32-21/h1,3-6,15-16H,2,7-14,17H2,(H,25,28). The smallest absolute Gasteiger partial charge is 0.264 e. The molecule has 4 rings (SSSR count). The summed E-state index contributed by atoms with van der Waals surface area (Å²) in [6.45, 7) is 4.52. The van der Waals surface area contributed by atoms with Crippen LogP contribution in [0.3, 0.4) is 0 Å². The summed E-state index contributed by atoms with van der Waals surface area (Å²) in [4.78, 5) is 14.9. The van der Waals surface area contributed by atoms with Crippen molar-refractivity contribution in [2.45, 2.75) is 11.3 Å². The summed E-state index contributed by atoms with van der Waals surface area (Å²) in [7, 11) is -4.20. The minimum Gasteiger partial charge on any atom is -0.486 e. The number of halogens is 1. The van der Waals surface area contributed by atoms with Crippen molar-refractivity contribution in [3.8, 4) is 11.5 Å². The quantitative estimate of drug-likeness (QED) is 0.531. The summed E-state index contributed by atoms with van der Waals surface area (Å²) >= 11 is 0. The minimum absolute atomic E-state index is 0.0540. The van der Waals surface area contributed by atoms with Crippen molar-refractivity contribution in [1.82, 2.24) is 10.2 Å². The average Bonchev–Trinajstić information content (AvgIpc) is 2.85. The number of fused-ring (bicyclic) bond motifs is 1. The zero-order chi connectivity index (χ0) is 24.0. The molecule has 9 nitrogen and oxygen atoms in total. The Kier molecular flexibility index (Phi) is 7.86. The van der Waals surface area contributed by atoms with Crippen molar-refractivity contribution in [3.05, 3.63) is 48.3 Å². The Balaban J connectivity index is 1.47. The van der Waals surface area contributed by atoms with E-state index in [9.17, 15) is 17.6 Å². The van der Waals surface area contributed by atoms with Gasteiger partial charge in [0.2, 0.25) is 5.91 Å². The summed E-state index contributed by atoms with van der Waals surface area (Å²) in [6, 6.07) is 9.40. The monoisotopic (exact) mass is 493 g/mol. The molecule has 0 saturated carbocycles. The van der Waals surface area contributed by atoms with Crippen LogP contribution >= 0.6 is 0 Å². The summed E-state index contributed by atoms with van der Waals surface area (Å²) in [6.07, 6.45) is 0.723. The third-order valence-electron chi connectivity index (χ3n) is 5.56. The molecule has 2 aromatic carbocycles. The van der Waals surface area contributed by atoms with Crippen LogP contribution in [0.1, 0.15) is 6.42 Å². The van der Waals surface area contributed by atoms with Crippen LogP contribution in [0, 0.1) is 5.82 Å². The summed E-state index contributed by atoms with van der Waals surface area (Å²) in [5.41, 5.74) is 0.0540. The van der Waals surface area contributed by atoms with Gasteiger partial charge in [-0.2, -0.15) is 0 Å². The number of benzene rings is 2. The Morgan fingerprint density at radius 2 is 1.79 bits per heavy atom. The largest absolute Gasteiger partial charge is 0.486 e. The second kappa shape index (κ2) is 11.0. The van der Waals surface area contributed by atoms with E-state index < -0.39 is 28.3 Å². The Morgan fingerprint density at radius 3 is 2.56 bits per heavy atom. The van der Waals surface area contributed by atoms with E-state index in [0.29, 0.717) is 44.5 Å². The van der Waals surface area contributed by atoms with Crippen LogP contribution in [0.2, 0.25) is 0 Å². The number of ether oxygens (including phenoxy) is 3. The SMILES string of the molecule is O=C(CN(c1cccc(F)c1)S(=O)(=O)c1ccc2c(c1)OCCO2)NCCCN1CCOCC1. The normalized spacial score (nSPS) is 16.1. The second-order valence-corrected chi connectivity index (χ2v) is 9.82. The number of morpholine rings is 1. The van der Waals surface area contributed by atoms with E-state index >= 15 is 0 Å². The molecule has 11 heteroatoms. The highest BCUT2D eigenvalue weighted by Gasteiger charge is 2.29. The molecule has 2 heterocycles. The third kappa shape index (κ3) is 5.96. The van der Waals surface area contributed by atoms with Crippen LogP contribution in [0.25, 0.3) is 0 Å². The number of hydrogen-bond acceptors (Lipinski definition) is 7. The lowest BCUT2D eigenvalue weighted by Gasteiger charge is -2.27. The van der Waals surface area contributed by atoms with E-state index in [1.807, 2.05) is 0 Å². The number of amides is 1. The molecule has 1 fully saturated rings. The van der Waals surface area contributed by atoms with E-state index in [-0.39, 0.29) is 10.6 Å². The topological polar surface area (TPSA) is 97.4 Å². The highest BCUT2D eigenvalue weighted by molar-refractivity contribution is 7.92. The summed E-state index contributed by atoms with van der Waals surface area (Å²) < 4.78 is 58.1. The number of carbonyl (C=O) groups is 1. The molecule has 2 aliphatic rings. The van der Waals surface area contributed by atoms with E-state index in [0.717, 1.165) is 36.4 Å². The van der Waals surface area contributed by atoms with Gasteiger partial charge in [-0.25, -0.2) is 12.8 Å². The number of rotatable bonds is 9. The third-order valence-corrected chi connectivity index (χ3v) is 7.33. The van der Waals surface area contributed by atoms with Crippen LogP contribution in [0.15, 0.2) is 47.4 Å². The maximum absolute atomic E-state index is 13.9. The van der Waals surface area contributed by atoms with Crippen LogP contribution in [-0.4, -0.2) is 78.4 Å². The number of anilines is 1. The van der Waals surface area contributed by atoms with Crippen molar-refractivity contribution in [1.29, 1.82) is 0 Å². The number of carbonyl (C=O) groups excluding carboxylic acids is 1. The molecule has 0 aliphatic carbocycles. The van der Waals surface area contributed by atoms with Crippen LogP contribution in [0.5, 0.6) is 11.5 Å². The Bertz CT molecular complexity index is 1110. The molecular weight excluding hydrogens is 465 g/mol. The first-order chi connectivity index (χ1) is 16.4. The van der Waals surface area contributed by atoms with Gasteiger partial charge < -0.3 is 19.5 Å². The van der Waals surface area contributed by atoms with Gasteiger partial charge in [0.15, 0.2) is 11.5 Å². The maximum Gasteiger partial charge on any atom is 0.264 e. The predicted molar refractivity (Wildman–Crippen MR) is 123 cm³/mol. The molecule has 1 saturated heterocycles. The van der Waals surface area contributed by atoms with Crippen molar-refractivity contribution < 1.29 is 31.8 Å². The van der Waals surface area contributed by atoms with E-state index in [4.69, 9.17) is 14.2 Å². The number of sulfonamides is 1. The van der Waals surface area contributed by atoms with Crippen LogP contribution < -0.4 is 19.1 Å². The second-order valence-electron chi connectivity index (χ2n) is 7.95. The molecule has 0 unspecified atom stereocenters. The van der Waals surface area contributed by atoms with Gasteiger partial charge in [-0.15, -0.1) is 0 Å². The summed E-state index contributed by atoms with van der Waals surface area (Å²) in [5, 5.41) is 2.77. The van der Waals surface area contributed by atoms with Gasteiger partial charge in [0, 0.05) is 25.7 Å². The van der Waals surface area contributed by atoms with Crippen LogP contribution in [-0.2, 0) is 19.6 Å². The number of hydrogen-bond donors (Lipinski definition) is 1. The molecule has 0 aromatic heterocycles. The van der Waals surface area contributed by atoms with Gasteiger partial charge in [-0.1, -0.05) is 6.07 Å². The fourth-order valence-electron chi connectivity index (χ4n) is 3.80. The molecule has 0 bridgehead atoms. The van der Waals surface area contributed by atoms with Gasteiger partial charge >= 0.3 is 0 Å². The molecule has 34 heavy (non-hydrogen) atoms. The Labute approximate surface area is 198 Å². The molecule has 1 amide bonds. The van der Waals surface area contributed by atoms with Crippen molar-refractivity contribution in [2.75, 3.05) is 63.5 Å². The molecular formula is C23H28FN3O6S. The lowest BCUT2D eigenvalue weighted by Crippen LogP contribution is -2.42. The van der Waals surface area contributed by atoms with Gasteiger partial charge in [-0.05, 0) is 43.3 Å². The molecule has 2 aliphatic heterocycles. The highest BCUT2D eigenvalue weighted by atomic mass is 32.2. The van der Waals surface area contributed by atoms with Crippen molar-refractivity contribution >= 4 is 21.6 Å². The fraction of sp³-hybridized carbons (Fsp3) is 0.435. The molecule has 0 atom stereocenters. The van der Waals surface area contributed by atoms with Gasteiger partial charge in [0.1, 0.15) is 25.6 Å². The van der Waals surface area contributed by atoms with Crippen molar-refractivity contribution in [2.24, 2.45) is 0 Å². The van der Waals surface area contributed by atoms with Gasteiger partial charge in [0.05, 0.1) is 23.8 Å². The van der Waals surface area contributed by atoms with Crippen molar-refractivity contribution in [3.63, 3.8) is 0 Å². The molecule has 1 N–H and O–H groups in total. The van der Waals surface area contributed by atoms with Crippen LogP contribution in [0.4, 0.5) is 10.1 Å². The number of nitrogens with zero attached hydrogens (tertiary/aromatic N) is 2. The Hall–Kier alpha value is -2.89. The van der Waals surface area contributed by atoms with E-state index in [2.05, 4.69) is 10.2 Å². The van der Waals surface area contributed by atoms with Gasteiger partial charge in [0.25, 0.3) is 10.0 Å². The lowest BCUT2D eigenvalue weighted by molar-refractivity contribution is -0.119. The van der Waals surface area contributed by atoms with E-state index in [1.165, 1.54) is 36.4 Å².